The fraction of sp³-hybridized carbons (Fsp3) is 0.682. The summed E-state index contributed by atoms with van der Waals surface area (Å²) in [5, 5.41) is 24.3. The predicted octanol–water partition coefficient (Wildman–Crippen LogP) is 0.0605. The maximum Gasteiger partial charge on any atom is 0.406 e. The van der Waals surface area contributed by atoms with Gasteiger partial charge in [0.2, 0.25) is 11.8 Å². The molecule has 0 bridgehead atoms. The summed E-state index contributed by atoms with van der Waals surface area (Å²) in [4.78, 5) is 36.2. The first-order valence-electron chi connectivity index (χ1n) is 12.3. The lowest BCUT2D eigenvalue weighted by Gasteiger charge is -2.27. The van der Waals surface area contributed by atoms with Crippen molar-refractivity contribution in [3.05, 3.63) is 6.33 Å². The van der Waals surface area contributed by atoms with Crippen LogP contribution in [-0.4, -0.2) is 98.6 Å². The molecule has 1 fully saturated rings. The number of imidazole rings is 1. The molecule has 17 nitrogen and oxygen atoms in total. The van der Waals surface area contributed by atoms with Crippen molar-refractivity contribution in [3.8, 4) is 5.88 Å². The molecule has 40 heavy (non-hydrogen) atoms. The van der Waals surface area contributed by atoms with E-state index in [-0.39, 0.29) is 23.0 Å². The van der Waals surface area contributed by atoms with E-state index < -0.39 is 75.7 Å². The molecule has 1 aliphatic heterocycles. The van der Waals surface area contributed by atoms with Gasteiger partial charge in [0.15, 0.2) is 24.0 Å². The minimum atomic E-state index is -4.37. The van der Waals surface area contributed by atoms with Crippen molar-refractivity contribution in [2.75, 3.05) is 32.6 Å². The van der Waals surface area contributed by atoms with Gasteiger partial charge < -0.3 is 34.9 Å². The van der Waals surface area contributed by atoms with E-state index in [1.807, 2.05) is 0 Å². The van der Waals surface area contributed by atoms with Crippen molar-refractivity contribution in [1.29, 1.82) is 0 Å². The average Bonchev–Trinajstić information content (AvgIpc) is 3.37. The van der Waals surface area contributed by atoms with Crippen molar-refractivity contribution in [1.82, 2.24) is 24.6 Å². The van der Waals surface area contributed by atoms with E-state index in [0.29, 0.717) is 0 Å². The maximum absolute atomic E-state index is 13.4. The molecule has 0 saturated carbocycles. The second-order valence-corrected chi connectivity index (χ2v) is 11.4. The lowest BCUT2D eigenvalue weighted by molar-refractivity contribution is -0.150. The third-order valence-corrected chi connectivity index (χ3v) is 7.02. The Morgan fingerprint density at radius 3 is 2.48 bits per heavy atom. The highest BCUT2D eigenvalue weighted by atomic mass is 31.2. The van der Waals surface area contributed by atoms with Gasteiger partial charge in [-0.05, 0) is 34.6 Å². The Morgan fingerprint density at radius 1 is 1.20 bits per heavy atom. The number of aliphatic hydroxyl groups excluding tert-OH is 1. The van der Waals surface area contributed by atoms with Gasteiger partial charge in [0.25, 0.3) is 0 Å². The molecule has 0 aliphatic carbocycles. The van der Waals surface area contributed by atoms with Crippen LogP contribution in [0.25, 0.3) is 11.2 Å². The Morgan fingerprint density at radius 2 is 1.85 bits per heavy atom. The minimum absolute atomic E-state index is 0.0930. The number of nitrogens with one attached hydrogen (secondary N) is 1. The first-order chi connectivity index (χ1) is 18.7. The summed E-state index contributed by atoms with van der Waals surface area (Å²) in [6.07, 6.45) is -3.67. The molecule has 5 N–H and O–H groups in total. The summed E-state index contributed by atoms with van der Waals surface area (Å²) in [5.41, 5.74) is 4.23. The van der Waals surface area contributed by atoms with Crippen LogP contribution in [0.4, 0.5) is 5.95 Å². The van der Waals surface area contributed by atoms with Gasteiger partial charge in [-0.25, -0.2) is 19.4 Å². The largest absolute Gasteiger partial charge is 0.479 e. The monoisotopic (exact) mass is 590 g/mol. The SMILES string of the molecule is COc1nc(N)nc2c1ncn2[C@@H]1O[C@H](COP(=O)(NCC(=O)OC(C)C)OCC(=O)OC(C)C)[C@@H](O)[C@@]1(C)O. The molecular formula is C22H35N6O11P. The van der Waals surface area contributed by atoms with Gasteiger partial charge in [-0.3, -0.25) is 18.4 Å². The van der Waals surface area contributed by atoms with Crippen molar-refractivity contribution in [3.63, 3.8) is 0 Å². The van der Waals surface area contributed by atoms with Gasteiger partial charge >= 0.3 is 19.7 Å². The first kappa shape index (κ1) is 31.6. The number of rotatable bonds is 13. The maximum atomic E-state index is 13.4. The highest BCUT2D eigenvalue weighted by molar-refractivity contribution is 7.51. The van der Waals surface area contributed by atoms with Crippen LogP contribution in [0.5, 0.6) is 5.88 Å². The van der Waals surface area contributed by atoms with Gasteiger partial charge in [-0.1, -0.05) is 0 Å². The topological polar surface area (TPSA) is 229 Å². The third kappa shape index (κ3) is 7.42. The van der Waals surface area contributed by atoms with Gasteiger partial charge in [0.1, 0.15) is 24.4 Å². The zero-order chi connectivity index (χ0) is 29.8. The number of hydrogen-bond donors (Lipinski definition) is 4. The fourth-order valence-electron chi connectivity index (χ4n) is 3.80. The number of ether oxygens (including phenoxy) is 4. The highest BCUT2D eigenvalue weighted by Crippen LogP contribution is 2.46. The number of aromatic nitrogens is 4. The molecule has 0 amide bonds. The molecule has 2 aromatic heterocycles. The van der Waals surface area contributed by atoms with Gasteiger partial charge in [0.05, 0.1) is 32.3 Å². The number of fused-ring (bicyclic) bond motifs is 1. The number of methoxy groups -OCH3 is 1. The molecule has 1 aliphatic rings. The fourth-order valence-corrected chi connectivity index (χ4v) is 5.00. The number of hydrogen-bond acceptors (Lipinski definition) is 15. The summed E-state index contributed by atoms with van der Waals surface area (Å²) in [5.74, 6) is -1.61. The van der Waals surface area contributed by atoms with Crippen LogP contribution in [0, 0.1) is 0 Å². The van der Waals surface area contributed by atoms with Crippen molar-refractivity contribution in [2.45, 2.75) is 70.9 Å². The molecule has 18 heteroatoms. The van der Waals surface area contributed by atoms with Crippen molar-refractivity contribution < 1.29 is 52.4 Å². The lowest BCUT2D eigenvalue weighted by atomic mass is 9.96. The van der Waals surface area contributed by atoms with E-state index in [9.17, 15) is 24.4 Å². The Hall–Kier alpha value is -2.92. The Labute approximate surface area is 229 Å². The predicted molar refractivity (Wildman–Crippen MR) is 137 cm³/mol. The lowest BCUT2D eigenvalue weighted by Crippen LogP contribution is -2.44. The second-order valence-electron chi connectivity index (χ2n) is 9.59. The Balaban J connectivity index is 1.78. The molecule has 3 heterocycles. The van der Waals surface area contributed by atoms with E-state index >= 15 is 0 Å². The quantitative estimate of drug-likeness (QED) is 0.178. The number of anilines is 1. The van der Waals surface area contributed by atoms with E-state index in [1.54, 1.807) is 27.7 Å². The molecule has 3 rings (SSSR count). The van der Waals surface area contributed by atoms with Gasteiger partial charge in [-0.2, -0.15) is 9.97 Å². The first-order valence-corrected chi connectivity index (χ1v) is 13.8. The molecular weight excluding hydrogens is 555 g/mol. The molecule has 1 saturated heterocycles. The zero-order valence-corrected chi connectivity index (χ0v) is 23.9. The average molecular weight is 591 g/mol. The van der Waals surface area contributed by atoms with E-state index in [1.165, 1.54) is 24.9 Å². The molecule has 224 valence electrons. The van der Waals surface area contributed by atoms with Crippen LogP contribution < -0.4 is 15.6 Å². The minimum Gasteiger partial charge on any atom is -0.479 e. The van der Waals surface area contributed by atoms with Crippen LogP contribution in [0.1, 0.15) is 40.8 Å². The normalized spacial score (nSPS) is 24.4. The number of nitrogen functional groups attached to an aromatic ring is 1. The van der Waals surface area contributed by atoms with Gasteiger partial charge in [-0.15, -0.1) is 0 Å². The number of aliphatic hydroxyl groups is 2. The molecule has 0 aromatic carbocycles. The smallest absolute Gasteiger partial charge is 0.406 e. The third-order valence-electron chi connectivity index (χ3n) is 5.52. The zero-order valence-electron chi connectivity index (χ0n) is 23.0. The van der Waals surface area contributed by atoms with Crippen LogP contribution in [0.15, 0.2) is 6.33 Å². The summed E-state index contributed by atoms with van der Waals surface area (Å²) in [7, 11) is -2.99. The number of esters is 2. The summed E-state index contributed by atoms with van der Waals surface area (Å²) in [6.45, 7) is 5.89. The Kier molecular flexibility index (Phi) is 10.1. The van der Waals surface area contributed by atoms with E-state index in [4.69, 9.17) is 33.7 Å². The van der Waals surface area contributed by atoms with Crippen molar-refractivity contribution in [2.24, 2.45) is 0 Å². The van der Waals surface area contributed by atoms with Crippen molar-refractivity contribution >= 4 is 36.8 Å². The molecule has 1 unspecified atom stereocenters. The number of carbonyl (C=O) groups is 2. The van der Waals surface area contributed by atoms with E-state index in [2.05, 4.69) is 20.0 Å². The molecule has 2 aromatic rings. The Bertz CT molecular complexity index is 1220. The number of nitrogens with zero attached hydrogens (tertiary/aromatic N) is 4. The standard InChI is InChI=1S/C22H35N6O11P/c1-11(2)37-14(29)7-25-40(33,36-9-15(30)38-12(3)4)35-8-13-17(31)22(5,32)20(39-13)28-10-24-16-18(28)26-21(23)27-19(16)34-6/h10-13,17,20,31-32H,7-9H2,1-6H3,(H,25,33)(H2,23,26,27)/t13-,17-,20-,22-,40?/m1/s1. The van der Waals surface area contributed by atoms with Gasteiger partial charge in [0, 0.05) is 0 Å². The summed E-state index contributed by atoms with van der Waals surface area (Å²) >= 11 is 0. The highest BCUT2D eigenvalue weighted by Gasteiger charge is 2.54. The molecule has 0 radical (unpaired) electrons. The second kappa shape index (κ2) is 12.7. The summed E-state index contributed by atoms with van der Waals surface area (Å²) in [6, 6.07) is 0. The van der Waals surface area contributed by atoms with Crippen LogP contribution in [0.2, 0.25) is 0 Å². The molecule has 5 atom stereocenters. The molecule has 0 spiro atoms. The van der Waals surface area contributed by atoms with E-state index in [0.717, 1.165) is 0 Å². The number of nitrogens with two attached hydrogens (primary N) is 1. The summed E-state index contributed by atoms with van der Waals surface area (Å²) < 4.78 is 46.3. The van der Waals surface area contributed by atoms with Crippen LogP contribution in [0.3, 0.4) is 0 Å². The number of carbonyl (C=O) groups excluding carboxylic acids is 2. The van der Waals surface area contributed by atoms with Crippen LogP contribution in [-0.2, 0) is 37.4 Å². The van der Waals surface area contributed by atoms with Crippen LogP contribution >= 0.6 is 7.75 Å².